The van der Waals surface area contributed by atoms with E-state index in [9.17, 15) is 4.79 Å². The Balaban J connectivity index is 1.44. The minimum absolute atomic E-state index is 0.0935. The number of fused-ring (bicyclic) bond motifs is 1. The van der Waals surface area contributed by atoms with Crippen LogP contribution in [-0.2, 0) is 19.3 Å². The first-order valence-corrected chi connectivity index (χ1v) is 11.0. The molecule has 2 aromatic heterocycles. The number of nitrogens with one attached hydrogen (secondary N) is 2. The van der Waals surface area contributed by atoms with Gasteiger partial charge >= 0.3 is 0 Å². The summed E-state index contributed by atoms with van der Waals surface area (Å²) in [5, 5.41) is 10.3. The number of hydrogen-bond donors (Lipinski definition) is 2. The highest BCUT2D eigenvalue weighted by molar-refractivity contribution is 5.96. The predicted molar refractivity (Wildman–Crippen MR) is 117 cm³/mol. The standard InChI is InChI=1S/C23H27N7O/c1-15-25-21(29-28-15)17-8-5-13-30(14-17)22-18-11-12-24-23(31)20(18)26-19(27-22)10-9-16-6-3-2-4-7-16/h2-4,6-7,17H,5,8-14H2,1H3,(H,24,31)(H,25,28,29). The van der Waals surface area contributed by atoms with Crippen molar-refractivity contribution in [1.82, 2.24) is 30.5 Å². The van der Waals surface area contributed by atoms with Crippen molar-refractivity contribution in [2.45, 2.75) is 44.9 Å². The zero-order chi connectivity index (χ0) is 21.2. The number of piperidine rings is 1. The average molecular weight is 418 g/mol. The van der Waals surface area contributed by atoms with E-state index in [-0.39, 0.29) is 11.8 Å². The van der Waals surface area contributed by atoms with Crippen molar-refractivity contribution in [2.24, 2.45) is 0 Å². The third-order valence-corrected chi connectivity index (χ3v) is 6.09. The fourth-order valence-corrected chi connectivity index (χ4v) is 4.52. The Morgan fingerprint density at radius 1 is 1.13 bits per heavy atom. The molecule has 1 saturated heterocycles. The molecule has 2 N–H and O–H groups in total. The number of aromatic amines is 1. The number of benzene rings is 1. The summed E-state index contributed by atoms with van der Waals surface area (Å²) < 4.78 is 0. The van der Waals surface area contributed by atoms with Crippen LogP contribution in [0.3, 0.4) is 0 Å². The molecule has 0 saturated carbocycles. The Kier molecular flexibility index (Phi) is 5.36. The Morgan fingerprint density at radius 2 is 2.00 bits per heavy atom. The summed E-state index contributed by atoms with van der Waals surface area (Å²) in [6.07, 6.45) is 4.41. The van der Waals surface area contributed by atoms with Gasteiger partial charge < -0.3 is 10.2 Å². The molecule has 5 rings (SSSR count). The third kappa shape index (κ3) is 4.15. The van der Waals surface area contributed by atoms with Gasteiger partial charge in [0.05, 0.1) is 0 Å². The van der Waals surface area contributed by atoms with Gasteiger partial charge in [0.2, 0.25) is 0 Å². The number of carbonyl (C=O) groups excluding carboxylic acids is 1. The van der Waals surface area contributed by atoms with Gasteiger partial charge in [-0.25, -0.2) is 15.0 Å². The molecule has 1 aromatic carbocycles. The van der Waals surface area contributed by atoms with Crippen LogP contribution in [0.25, 0.3) is 0 Å². The minimum atomic E-state index is -0.0935. The van der Waals surface area contributed by atoms with E-state index in [0.717, 1.165) is 67.6 Å². The van der Waals surface area contributed by atoms with Crippen molar-refractivity contribution in [3.8, 4) is 0 Å². The lowest BCUT2D eigenvalue weighted by atomic mass is 9.96. The molecule has 160 valence electrons. The van der Waals surface area contributed by atoms with Crippen LogP contribution in [0.2, 0.25) is 0 Å². The molecule has 1 atom stereocenters. The monoisotopic (exact) mass is 417 g/mol. The highest BCUT2D eigenvalue weighted by Gasteiger charge is 2.30. The molecule has 3 aromatic rings. The summed E-state index contributed by atoms with van der Waals surface area (Å²) in [6, 6.07) is 10.3. The van der Waals surface area contributed by atoms with Crippen LogP contribution in [0.5, 0.6) is 0 Å². The molecule has 2 aliphatic heterocycles. The van der Waals surface area contributed by atoms with E-state index in [1.807, 2.05) is 25.1 Å². The summed E-state index contributed by atoms with van der Waals surface area (Å²) in [5.41, 5.74) is 2.75. The third-order valence-electron chi connectivity index (χ3n) is 6.09. The Hall–Kier alpha value is -3.29. The van der Waals surface area contributed by atoms with Crippen LogP contribution in [0.4, 0.5) is 5.82 Å². The van der Waals surface area contributed by atoms with Crippen LogP contribution in [0, 0.1) is 6.92 Å². The second-order valence-corrected chi connectivity index (χ2v) is 8.35. The highest BCUT2D eigenvalue weighted by atomic mass is 16.1. The second kappa shape index (κ2) is 8.45. The molecule has 0 aliphatic carbocycles. The molecule has 1 unspecified atom stereocenters. The van der Waals surface area contributed by atoms with E-state index in [0.29, 0.717) is 18.7 Å². The van der Waals surface area contributed by atoms with E-state index >= 15 is 0 Å². The van der Waals surface area contributed by atoms with Gasteiger partial charge in [-0.15, -0.1) is 0 Å². The lowest BCUT2D eigenvalue weighted by molar-refractivity contribution is 0.0940. The summed E-state index contributed by atoms with van der Waals surface area (Å²) in [5.74, 6) is 3.52. The average Bonchev–Trinajstić information content (AvgIpc) is 3.25. The number of H-pyrrole nitrogens is 1. The maximum Gasteiger partial charge on any atom is 0.270 e. The summed E-state index contributed by atoms with van der Waals surface area (Å²) >= 11 is 0. The smallest absolute Gasteiger partial charge is 0.270 e. The van der Waals surface area contributed by atoms with Gasteiger partial charge in [-0.2, -0.15) is 5.10 Å². The lowest BCUT2D eigenvalue weighted by Gasteiger charge is -2.34. The van der Waals surface area contributed by atoms with E-state index in [2.05, 4.69) is 42.5 Å². The van der Waals surface area contributed by atoms with Gasteiger partial charge in [0, 0.05) is 37.5 Å². The molecule has 8 nitrogen and oxygen atoms in total. The minimum Gasteiger partial charge on any atom is -0.356 e. The van der Waals surface area contributed by atoms with E-state index in [1.165, 1.54) is 5.56 Å². The van der Waals surface area contributed by atoms with Crippen LogP contribution in [0.15, 0.2) is 30.3 Å². The lowest BCUT2D eigenvalue weighted by Crippen LogP contribution is -2.39. The number of hydrogen-bond acceptors (Lipinski definition) is 6. The van der Waals surface area contributed by atoms with Gasteiger partial charge in [0.15, 0.2) is 5.82 Å². The molecule has 2 aliphatic rings. The van der Waals surface area contributed by atoms with E-state index < -0.39 is 0 Å². The fourth-order valence-electron chi connectivity index (χ4n) is 4.52. The van der Waals surface area contributed by atoms with Crippen molar-refractivity contribution < 1.29 is 4.79 Å². The molecule has 1 amide bonds. The van der Waals surface area contributed by atoms with E-state index in [1.54, 1.807) is 0 Å². The van der Waals surface area contributed by atoms with Crippen molar-refractivity contribution in [2.75, 3.05) is 24.5 Å². The molecular weight excluding hydrogens is 390 g/mol. The van der Waals surface area contributed by atoms with Crippen molar-refractivity contribution >= 4 is 11.7 Å². The highest BCUT2D eigenvalue weighted by Crippen LogP contribution is 2.31. The zero-order valence-corrected chi connectivity index (χ0v) is 17.8. The number of carbonyl (C=O) groups is 1. The molecule has 0 spiro atoms. The largest absolute Gasteiger partial charge is 0.356 e. The Labute approximate surface area is 181 Å². The molecule has 8 heteroatoms. The number of amides is 1. The Bertz CT molecular complexity index is 1080. The summed E-state index contributed by atoms with van der Waals surface area (Å²) in [4.78, 5) is 29.1. The van der Waals surface area contributed by atoms with Gasteiger partial charge in [-0.05, 0) is 38.2 Å². The van der Waals surface area contributed by atoms with Crippen LogP contribution in [0.1, 0.15) is 57.8 Å². The maximum atomic E-state index is 12.6. The van der Waals surface area contributed by atoms with Crippen molar-refractivity contribution in [3.63, 3.8) is 0 Å². The van der Waals surface area contributed by atoms with Gasteiger partial charge in [-0.3, -0.25) is 9.89 Å². The number of aromatic nitrogens is 5. The molecule has 31 heavy (non-hydrogen) atoms. The molecule has 0 radical (unpaired) electrons. The second-order valence-electron chi connectivity index (χ2n) is 8.35. The van der Waals surface area contributed by atoms with Gasteiger partial charge in [0.1, 0.15) is 23.2 Å². The predicted octanol–water partition coefficient (Wildman–Crippen LogP) is 2.36. The first-order valence-electron chi connectivity index (χ1n) is 11.0. The Morgan fingerprint density at radius 3 is 2.81 bits per heavy atom. The molecular formula is C23H27N7O. The quantitative estimate of drug-likeness (QED) is 0.661. The number of anilines is 1. The van der Waals surface area contributed by atoms with Crippen LogP contribution in [-0.4, -0.2) is 50.7 Å². The van der Waals surface area contributed by atoms with Crippen LogP contribution < -0.4 is 10.2 Å². The summed E-state index contributed by atoms with van der Waals surface area (Å²) in [7, 11) is 0. The molecule has 1 fully saturated rings. The van der Waals surface area contributed by atoms with Crippen molar-refractivity contribution in [1.29, 1.82) is 0 Å². The SMILES string of the molecule is Cc1nc(C2CCCN(c3nc(CCc4ccccc4)nc4c3CCNC4=O)C2)n[nH]1. The molecule has 0 bridgehead atoms. The molecule has 4 heterocycles. The van der Waals surface area contributed by atoms with Crippen molar-refractivity contribution in [3.05, 3.63) is 64.6 Å². The summed E-state index contributed by atoms with van der Waals surface area (Å²) in [6.45, 7) is 4.28. The van der Waals surface area contributed by atoms with Gasteiger partial charge in [0.25, 0.3) is 5.91 Å². The van der Waals surface area contributed by atoms with Gasteiger partial charge in [-0.1, -0.05) is 30.3 Å². The maximum absolute atomic E-state index is 12.6. The van der Waals surface area contributed by atoms with E-state index in [4.69, 9.17) is 4.98 Å². The number of rotatable bonds is 5. The first kappa shape index (κ1) is 19.7. The fraction of sp³-hybridized carbons (Fsp3) is 0.435. The zero-order valence-electron chi connectivity index (χ0n) is 17.8. The first-order chi connectivity index (χ1) is 15.2. The number of nitrogens with zero attached hydrogens (tertiary/aromatic N) is 5. The van der Waals surface area contributed by atoms with Crippen LogP contribution >= 0.6 is 0 Å². The number of aryl methyl sites for hydroxylation is 3. The normalized spacial score (nSPS) is 18.5. The topological polar surface area (TPSA) is 99.7 Å².